The van der Waals surface area contributed by atoms with Crippen LogP contribution in [-0.4, -0.2) is 11.1 Å². The molecule has 0 aromatic heterocycles. The molecule has 0 aliphatic rings. The van der Waals surface area contributed by atoms with Crippen molar-refractivity contribution in [2.24, 2.45) is 0 Å². The highest BCUT2D eigenvalue weighted by atomic mass is 19.4. The van der Waals surface area contributed by atoms with E-state index in [2.05, 4.69) is 0 Å². The van der Waals surface area contributed by atoms with Crippen LogP contribution in [-0.2, 0) is 6.18 Å². The summed E-state index contributed by atoms with van der Waals surface area (Å²) in [5, 5.41) is 9.07. The number of carboxylic acids is 1. The zero-order valence-electron chi connectivity index (χ0n) is 10.8. The first-order valence-corrected chi connectivity index (χ1v) is 6.06. The molecule has 1 N–H and O–H groups in total. The maximum absolute atomic E-state index is 12.9. The van der Waals surface area contributed by atoms with Gasteiger partial charge in [-0.3, -0.25) is 0 Å². The second-order valence-corrected chi connectivity index (χ2v) is 4.32. The minimum atomic E-state index is -4.70. The number of rotatable bonds is 3. The SMILES string of the molecule is O=C(O)c1c(C=Cc2ccccc2)cccc1C(F)(F)F. The Balaban J connectivity index is 2.49. The summed E-state index contributed by atoms with van der Waals surface area (Å²) in [7, 11) is 0. The summed E-state index contributed by atoms with van der Waals surface area (Å²) >= 11 is 0. The Hall–Kier alpha value is -2.56. The van der Waals surface area contributed by atoms with Gasteiger partial charge in [-0.05, 0) is 17.2 Å². The lowest BCUT2D eigenvalue weighted by Gasteiger charge is -2.12. The number of aromatic carboxylic acids is 1. The quantitative estimate of drug-likeness (QED) is 0.841. The Morgan fingerprint density at radius 3 is 2.19 bits per heavy atom. The van der Waals surface area contributed by atoms with Crippen molar-refractivity contribution in [3.8, 4) is 0 Å². The van der Waals surface area contributed by atoms with Gasteiger partial charge in [0.15, 0.2) is 0 Å². The van der Waals surface area contributed by atoms with Crippen molar-refractivity contribution in [1.82, 2.24) is 0 Å². The first-order valence-electron chi connectivity index (χ1n) is 6.06. The van der Waals surface area contributed by atoms with Crippen molar-refractivity contribution >= 4 is 18.1 Å². The van der Waals surface area contributed by atoms with Gasteiger partial charge in [0.2, 0.25) is 0 Å². The molecule has 0 heterocycles. The van der Waals surface area contributed by atoms with Gasteiger partial charge >= 0.3 is 12.1 Å². The normalized spacial score (nSPS) is 11.8. The van der Waals surface area contributed by atoms with E-state index in [0.717, 1.165) is 11.6 Å². The predicted octanol–water partition coefficient (Wildman–Crippen LogP) is 4.57. The molecule has 0 aliphatic carbocycles. The predicted molar refractivity (Wildman–Crippen MR) is 73.8 cm³/mol. The lowest BCUT2D eigenvalue weighted by Crippen LogP contribution is -2.14. The first kappa shape index (κ1) is 14.8. The second-order valence-electron chi connectivity index (χ2n) is 4.32. The topological polar surface area (TPSA) is 37.3 Å². The van der Waals surface area contributed by atoms with Crippen LogP contribution in [0.4, 0.5) is 13.2 Å². The van der Waals surface area contributed by atoms with Crippen LogP contribution in [0.25, 0.3) is 12.2 Å². The lowest BCUT2D eigenvalue weighted by molar-refractivity contribution is -0.138. The number of hydrogen-bond donors (Lipinski definition) is 1. The van der Waals surface area contributed by atoms with Gasteiger partial charge in [0.1, 0.15) is 0 Å². The van der Waals surface area contributed by atoms with Crippen molar-refractivity contribution < 1.29 is 23.1 Å². The number of carboxylic acid groups (broad SMARTS) is 1. The summed E-state index contributed by atoms with van der Waals surface area (Å²) in [4.78, 5) is 11.2. The van der Waals surface area contributed by atoms with E-state index in [-0.39, 0.29) is 5.56 Å². The molecule has 2 rings (SSSR count). The van der Waals surface area contributed by atoms with Crippen LogP contribution in [0.3, 0.4) is 0 Å². The lowest BCUT2D eigenvalue weighted by atomic mass is 9.99. The molecular formula is C16H11F3O2. The Morgan fingerprint density at radius 1 is 0.952 bits per heavy atom. The number of hydrogen-bond acceptors (Lipinski definition) is 1. The van der Waals surface area contributed by atoms with E-state index in [4.69, 9.17) is 5.11 Å². The number of halogens is 3. The van der Waals surface area contributed by atoms with E-state index >= 15 is 0 Å². The monoisotopic (exact) mass is 292 g/mol. The van der Waals surface area contributed by atoms with Crippen molar-refractivity contribution in [1.29, 1.82) is 0 Å². The summed E-state index contributed by atoms with van der Waals surface area (Å²) in [5.41, 5.74) is -1.10. The van der Waals surface area contributed by atoms with Crippen LogP contribution in [0.5, 0.6) is 0 Å². The molecule has 108 valence electrons. The molecule has 0 amide bonds. The van der Waals surface area contributed by atoms with Gasteiger partial charge in [-0.25, -0.2) is 4.79 Å². The molecule has 0 fully saturated rings. The largest absolute Gasteiger partial charge is 0.478 e. The molecule has 21 heavy (non-hydrogen) atoms. The number of benzene rings is 2. The molecule has 0 aliphatic heterocycles. The van der Waals surface area contributed by atoms with Gasteiger partial charge in [0.05, 0.1) is 11.1 Å². The highest BCUT2D eigenvalue weighted by Crippen LogP contribution is 2.33. The van der Waals surface area contributed by atoms with E-state index in [0.29, 0.717) is 0 Å². The zero-order chi connectivity index (χ0) is 15.5. The molecule has 2 nitrogen and oxygen atoms in total. The van der Waals surface area contributed by atoms with Gasteiger partial charge in [0.25, 0.3) is 0 Å². The molecule has 2 aromatic rings. The molecule has 0 atom stereocenters. The van der Waals surface area contributed by atoms with Gasteiger partial charge in [-0.1, -0.05) is 54.6 Å². The van der Waals surface area contributed by atoms with Crippen LogP contribution in [0, 0.1) is 0 Å². The molecule has 0 saturated heterocycles. The minimum Gasteiger partial charge on any atom is -0.478 e. The fourth-order valence-electron chi connectivity index (χ4n) is 1.93. The Bertz CT molecular complexity index is 674. The summed E-state index contributed by atoms with van der Waals surface area (Å²) in [6, 6.07) is 12.2. The zero-order valence-corrected chi connectivity index (χ0v) is 10.8. The van der Waals surface area contributed by atoms with Crippen LogP contribution >= 0.6 is 0 Å². The van der Waals surface area contributed by atoms with Crippen LogP contribution in [0.15, 0.2) is 48.5 Å². The van der Waals surface area contributed by atoms with Crippen molar-refractivity contribution in [2.75, 3.05) is 0 Å². The first-order chi connectivity index (χ1) is 9.89. The fraction of sp³-hybridized carbons (Fsp3) is 0.0625. The molecular weight excluding hydrogens is 281 g/mol. The maximum Gasteiger partial charge on any atom is 0.417 e. The molecule has 5 heteroatoms. The smallest absolute Gasteiger partial charge is 0.417 e. The van der Waals surface area contributed by atoms with Gasteiger partial charge < -0.3 is 5.11 Å². The maximum atomic E-state index is 12.9. The van der Waals surface area contributed by atoms with E-state index in [1.165, 1.54) is 18.2 Å². The third-order valence-corrected chi connectivity index (χ3v) is 2.87. The van der Waals surface area contributed by atoms with Gasteiger partial charge in [-0.2, -0.15) is 13.2 Å². The average Bonchev–Trinajstić information content (AvgIpc) is 2.44. The van der Waals surface area contributed by atoms with E-state index in [9.17, 15) is 18.0 Å². The molecule has 0 bridgehead atoms. The summed E-state index contributed by atoms with van der Waals surface area (Å²) in [5.74, 6) is -1.60. The third kappa shape index (κ3) is 3.51. The Kier molecular flexibility index (Phi) is 4.12. The van der Waals surface area contributed by atoms with Crippen LogP contribution in [0.2, 0.25) is 0 Å². The van der Waals surface area contributed by atoms with Gasteiger partial charge in [0, 0.05) is 0 Å². The van der Waals surface area contributed by atoms with E-state index in [1.54, 1.807) is 30.3 Å². The van der Waals surface area contributed by atoms with Crippen LogP contribution in [0.1, 0.15) is 27.0 Å². The fourth-order valence-corrected chi connectivity index (χ4v) is 1.93. The number of alkyl halides is 3. The number of carbonyl (C=O) groups is 1. The summed E-state index contributed by atoms with van der Waals surface area (Å²) < 4.78 is 38.6. The third-order valence-electron chi connectivity index (χ3n) is 2.87. The summed E-state index contributed by atoms with van der Waals surface area (Å²) in [6.07, 6.45) is -1.76. The Labute approximate surface area is 119 Å². The minimum absolute atomic E-state index is 0.0150. The van der Waals surface area contributed by atoms with E-state index in [1.807, 2.05) is 6.07 Å². The average molecular weight is 292 g/mol. The van der Waals surface area contributed by atoms with Gasteiger partial charge in [-0.15, -0.1) is 0 Å². The van der Waals surface area contributed by atoms with Crippen molar-refractivity contribution in [3.63, 3.8) is 0 Å². The van der Waals surface area contributed by atoms with Crippen LogP contribution < -0.4 is 0 Å². The standard InChI is InChI=1S/C16H11F3O2/c17-16(18,19)13-8-4-7-12(14(13)15(20)21)10-9-11-5-2-1-3-6-11/h1-10H,(H,20,21). The highest BCUT2D eigenvalue weighted by Gasteiger charge is 2.36. The molecule has 2 aromatic carbocycles. The Morgan fingerprint density at radius 2 is 1.62 bits per heavy atom. The molecule has 0 radical (unpaired) electrons. The molecule has 0 spiro atoms. The second kappa shape index (κ2) is 5.83. The van der Waals surface area contributed by atoms with Crippen molar-refractivity contribution in [2.45, 2.75) is 6.18 Å². The van der Waals surface area contributed by atoms with E-state index < -0.39 is 23.3 Å². The highest BCUT2D eigenvalue weighted by molar-refractivity contribution is 5.95. The summed E-state index contributed by atoms with van der Waals surface area (Å²) in [6.45, 7) is 0. The van der Waals surface area contributed by atoms with Crippen molar-refractivity contribution in [3.05, 3.63) is 70.8 Å². The molecule has 0 unspecified atom stereocenters. The molecule has 0 saturated carbocycles.